The molecule has 5 heteroatoms. The Hall–Kier alpha value is -1.19. The van der Waals surface area contributed by atoms with E-state index in [1.165, 1.54) is 0 Å². The van der Waals surface area contributed by atoms with Crippen molar-refractivity contribution in [3.05, 3.63) is 46.0 Å². The van der Waals surface area contributed by atoms with Gasteiger partial charge in [-0.2, -0.15) is 0 Å². The third kappa shape index (κ3) is 2.01. The van der Waals surface area contributed by atoms with E-state index in [1.54, 1.807) is 0 Å². The van der Waals surface area contributed by atoms with Crippen molar-refractivity contribution in [2.24, 2.45) is 0 Å². The maximum absolute atomic E-state index is 13.1. The van der Waals surface area contributed by atoms with Gasteiger partial charge in [0.25, 0.3) is 0 Å². The Labute approximate surface area is 102 Å². The molecule has 0 aliphatic rings. The summed E-state index contributed by atoms with van der Waals surface area (Å²) < 4.78 is 13.1. The molecule has 0 atom stereocenters. The van der Waals surface area contributed by atoms with Gasteiger partial charge in [-0.1, -0.05) is 47.5 Å². The molecule has 16 heavy (non-hydrogen) atoms. The molecule has 0 fully saturated rings. The van der Waals surface area contributed by atoms with Crippen LogP contribution in [0.25, 0.3) is 11.4 Å². The minimum absolute atomic E-state index is 0.266. The predicted molar refractivity (Wildman–Crippen MR) is 62.2 cm³/mol. The highest BCUT2D eigenvalue weighted by atomic mass is 35.5. The van der Waals surface area contributed by atoms with Gasteiger partial charge in [-0.25, -0.2) is 14.4 Å². The summed E-state index contributed by atoms with van der Waals surface area (Å²) in [5.41, 5.74) is 1.76. The molecular formula is C11H7Cl2FN2. The average molecular weight is 257 g/mol. The van der Waals surface area contributed by atoms with Gasteiger partial charge in [0.2, 0.25) is 0 Å². The number of halogens is 3. The van der Waals surface area contributed by atoms with Crippen LogP contribution < -0.4 is 0 Å². The quantitative estimate of drug-likeness (QED) is 0.724. The lowest BCUT2D eigenvalue weighted by atomic mass is 10.1. The van der Waals surface area contributed by atoms with Crippen molar-refractivity contribution in [1.82, 2.24) is 9.97 Å². The molecule has 0 saturated carbocycles. The number of nitrogens with zero attached hydrogens (tertiary/aromatic N) is 2. The van der Waals surface area contributed by atoms with E-state index < -0.39 is 5.82 Å². The first-order valence-corrected chi connectivity index (χ1v) is 5.29. The monoisotopic (exact) mass is 256 g/mol. The van der Waals surface area contributed by atoms with Crippen LogP contribution in [0, 0.1) is 12.7 Å². The Morgan fingerprint density at radius 1 is 1.06 bits per heavy atom. The molecule has 0 radical (unpaired) electrons. The molecule has 1 aromatic heterocycles. The Kier molecular flexibility index (Phi) is 3.08. The molecule has 82 valence electrons. The van der Waals surface area contributed by atoms with Crippen LogP contribution in [-0.4, -0.2) is 9.97 Å². The third-order valence-corrected chi connectivity index (χ3v) is 2.66. The minimum atomic E-state index is -0.791. The van der Waals surface area contributed by atoms with E-state index in [2.05, 4.69) is 9.97 Å². The Morgan fingerprint density at radius 3 is 2.19 bits per heavy atom. The smallest absolute Gasteiger partial charge is 0.197 e. The van der Waals surface area contributed by atoms with Gasteiger partial charge in [-0.15, -0.1) is 0 Å². The fraction of sp³-hybridized carbons (Fsp3) is 0.0909. The maximum Gasteiger partial charge on any atom is 0.197 e. The predicted octanol–water partition coefficient (Wildman–Crippen LogP) is 3.90. The van der Waals surface area contributed by atoms with Crippen molar-refractivity contribution in [2.45, 2.75) is 6.92 Å². The standard InChI is InChI=1S/C11H7Cl2FN2/c1-6-4-2-3-5-7(6)11-15-9(12)8(14)10(13)16-11/h2-5H,1H3. The molecule has 0 saturated heterocycles. The van der Waals surface area contributed by atoms with Crippen LogP contribution in [0.2, 0.25) is 10.3 Å². The van der Waals surface area contributed by atoms with Crippen LogP contribution in [0.3, 0.4) is 0 Å². The first-order valence-electron chi connectivity index (χ1n) is 4.54. The SMILES string of the molecule is Cc1ccccc1-c1nc(Cl)c(F)c(Cl)n1. The molecule has 1 aromatic carbocycles. The van der Waals surface area contributed by atoms with Crippen LogP contribution >= 0.6 is 23.2 Å². The van der Waals surface area contributed by atoms with Crippen LogP contribution in [0.4, 0.5) is 4.39 Å². The van der Waals surface area contributed by atoms with Gasteiger partial charge in [0.05, 0.1) is 0 Å². The molecule has 0 unspecified atom stereocenters. The van der Waals surface area contributed by atoms with E-state index in [0.29, 0.717) is 5.82 Å². The van der Waals surface area contributed by atoms with E-state index in [1.807, 2.05) is 31.2 Å². The number of hydrogen-bond acceptors (Lipinski definition) is 2. The molecule has 2 rings (SSSR count). The second kappa shape index (κ2) is 4.36. The lowest BCUT2D eigenvalue weighted by Gasteiger charge is -2.05. The molecule has 0 aliphatic carbocycles. The highest BCUT2D eigenvalue weighted by Crippen LogP contribution is 2.25. The second-order valence-corrected chi connectivity index (χ2v) is 3.97. The highest BCUT2D eigenvalue weighted by molar-refractivity contribution is 6.33. The van der Waals surface area contributed by atoms with Crippen molar-refractivity contribution in [2.75, 3.05) is 0 Å². The summed E-state index contributed by atoms with van der Waals surface area (Å²) in [6.07, 6.45) is 0. The molecule has 2 nitrogen and oxygen atoms in total. The minimum Gasteiger partial charge on any atom is -0.213 e. The zero-order chi connectivity index (χ0) is 11.7. The Balaban J connectivity index is 2.62. The van der Waals surface area contributed by atoms with E-state index in [4.69, 9.17) is 23.2 Å². The molecule has 0 aliphatic heterocycles. The van der Waals surface area contributed by atoms with Crippen molar-refractivity contribution >= 4 is 23.2 Å². The van der Waals surface area contributed by atoms with Gasteiger partial charge in [-0.05, 0) is 12.5 Å². The van der Waals surface area contributed by atoms with E-state index in [-0.39, 0.29) is 10.3 Å². The molecule has 0 spiro atoms. The summed E-state index contributed by atoms with van der Waals surface area (Å²) in [6.45, 7) is 1.91. The van der Waals surface area contributed by atoms with Gasteiger partial charge in [-0.3, -0.25) is 0 Å². The van der Waals surface area contributed by atoms with Crippen LogP contribution in [0.5, 0.6) is 0 Å². The zero-order valence-corrected chi connectivity index (χ0v) is 9.85. The third-order valence-electron chi connectivity index (χ3n) is 2.16. The normalized spacial score (nSPS) is 10.5. The van der Waals surface area contributed by atoms with Gasteiger partial charge >= 0.3 is 0 Å². The maximum atomic E-state index is 13.1. The van der Waals surface area contributed by atoms with E-state index >= 15 is 0 Å². The summed E-state index contributed by atoms with van der Waals surface area (Å²) in [5.74, 6) is -0.463. The molecule has 1 heterocycles. The first kappa shape index (κ1) is 11.3. The van der Waals surface area contributed by atoms with Crippen LogP contribution in [0.1, 0.15) is 5.56 Å². The molecule has 0 N–H and O–H groups in total. The fourth-order valence-corrected chi connectivity index (χ4v) is 1.73. The summed E-state index contributed by atoms with van der Waals surface area (Å²) in [7, 11) is 0. The van der Waals surface area contributed by atoms with Crippen molar-refractivity contribution in [3.63, 3.8) is 0 Å². The molecular weight excluding hydrogens is 250 g/mol. The average Bonchev–Trinajstić information content (AvgIpc) is 2.26. The highest BCUT2D eigenvalue weighted by Gasteiger charge is 2.13. The number of aryl methyl sites for hydroxylation is 1. The largest absolute Gasteiger partial charge is 0.213 e. The van der Waals surface area contributed by atoms with Crippen molar-refractivity contribution < 1.29 is 4.39 Å². The van der Waals surface area contributed by atoms with Crippen LogP contribution in [0.15, 0.2) is 24.3 Å². The Bertz CT molecular complexity index is 520. The van der Waals surface area contributed by atoms with Crippen molar-refractivity contribution in [3.8, 4) is 11.4 Å². The zero-order valence-electron chi connectivity index (χ0n) is 8.34. The summed E-state index contributed by atoms with van der Waals surface area (Å²) in [5, 5.41) is -0.531. The Morgan fingerprint density at radius 2 is 1.62 bits per heavy atom. The van der Waals surface area contributed by atoms with Crippen molar-refractivity contribution in [1.29, 1.82) is 0 Å². The first-order chi connectivity index (χ1) is 7.59. The molecule has 0 bridgehead atoms. The second-order valence-electron chi connectivity index (χ2n) is 3.26. The number of rotatable bonds is 1. The van der Waals surface area contributed by atoms with Crippen LogP contribution in [-0.2, 0) is 0 Å². The lowest BCUT2D eigenvalue weighted by Crippen LogP contribution is -1.95. The molecule has 0 amide bonds. The van der Waals surface area contributed by atoms with Gasteiger partial charge in [0, 0.05) is 5.56 Å². The lowest BCUT2D eigenvalue weighted by molar-refractivity contribution is 0.615. The van der Waals surface area contributed by atoms with E-state index in [9.17, 15) is 4.39 Å². The van der Waals surface area contributed by atoms with Gasteiger partial charge in [0.1, 0.15) is 0 Å². The topological polar surface area (TPSA) is 25.8 Å². The van der Waals surface area contributed by atoms with E-state index in [0.717, 1.165) is 11.1 Å². The summed E-state index contributed by atoms with van der Waals surface area (Å²) in [6, 6.07) is 7.47. The number of aromatic nitrogens is 2. The fourth-order valence-electron chi connectivity index (χ4n) is 1.34. The number of hydrogen-bond donors (Lipinski definition) is 0. The molecule has 2 aromatic rings. The summed E-state index contributed by atoms with van der Waals surface area (Å²) >= 11 is 11.2. The van der Waals surface area contributed by atoms with Gasteiger partial charge < -0.3 is 0 Å². The number of benzene rings is 1. The van der Waals surface area contributed by atoms with Gasteiger partial charge in [0.15, 0.2) is 21.9 Å². The summed E-state index contributed by atoms with van der Waals surface area (Å²) in [4.78, 5) is 7.72.